The number of primary sulfonamides is 1. The van der Waals surface area contributed by atoms with Gasteiger partial charge in [-0.15, -0.1) is 0 Å². The minimum absolute atomic E-state index is 0.118. The van der Waals surface area contributed by atoms with Crippen molar-refractivity contribution in [3.05, 3.63) is 23.8 Å². The van der Waals surface area contributed by atoms with E-state index < -0.39 is 10.0 Å². The molecule has 1 aromatic carbocycles. The van der Waals surface area contributed by atoms with Crippen molar-refractivity contribution in [2.24, 2.45) is 11.1 Å². The van der Waals surface area contributed by atoms with Crippen molar-refractivity contribution in [3.8, 4) is 5.75 Å². The lowest BCUT2D eigenvalue weighted by molar-refractivity contribution is 0.0789. The Hall–Kier alpha value is -1.68. The second kappa shape index (κ2) is 9.01. The standard InChI is InChI=1S/C18H30N4O4S/c1-13(2)16(22-9-7-21(3)8-10-22)12-20-18(23)15-11-14(27(19,24)25)5-6-17(15)26-4/h5-6,11,13,16H,7-10,12H2,1-4H3,(H,20,23)(H2,19,24,25). The Morgan fingerprint density at radius 3 is 2.41 bits per heavy atom. The summed E-state index contributed by atoms with van der Waals surface area (Å²) in [5.41, 5.74) is 0.157. The van der Waals surface area contributed by atoms with E-state index in [0.717, 1.165) is 26.2 Å². The normalized spacial score (nSPS) is 17.7. The van der Waals surface area contributed by atoms with Crippen LogP contribution in [0.25, 0.3) is 0 Å². The first-order chi connectivity index (χ1) is 12.6. The quantitative estimate of drug-likeness (QED) is 0.686. The smallest absolute Gasteiger partial charge is 0.255 e. The number of sulfonamides is 1. The maximum atomic E-state index is 12.7. The fraction of sp³-hybridized carbons (Fsp3) is 0.611. The molecular formula is C18H30N4O4S. The topological polar surface area (TPSA) is 105 Å². The third kappa shape index (κ3) is 5.65. The Kier molecular flexibility index (Phi) is 7.21. The highest BCUT2D eigenvalue weighted by molar-refractivity contribution is 7.89. The highest BCUT2D eigenvalue weighted by atomic mass is 32.2. The molecular weight excluding hydrogens is 368 g/mol. The molecule has 1 saturated heterocycles. The Bertz CT molecular complexity index is 759. The number of carbonyl (C=O) groups excluding carboxylic acids is 1. The number of carbonyl (C=O) groups is 1. The molecule has 0 spiro atoms. The summed E-state index contributed by atoms with van der Waals surface area (Å²) in [6.07, 6.45) is 0. The van der Waals surface area contributed by atoms with Crippen LogP contribution in [0, 0.1) is 5.92 Å². The van der Waals surface area contributed by atoms with Gasteiger partial charge in [0.2, 0.25) is 10.0 Å². The fourth-order valence-corrected chi connectivity index (χ4v) is 3.81. The van der Waals surface area contributed by atoms with Crippen LogP contribution in [0.5, 0.6) is 5.75 Å². The molecule has 0 aliphatic carbocycles. The van der Waals surface area contributed by atoms with Crippen molar-refractivity contribution in [2.75, 3.05) is 46.9 Å². The summed E-state index contributed by atoms with van der Waals surface area (Å²) < 4.78 is 28.4. The van der Waals surface area contributed by atoms with E-state index in [9.17, 15) is 13.2 Å². The van der Waals surface area contributed by atoms with Gasteiger partial charge in [-0.3, -0.25) is 9.69 Å². The summed E-state index contributed by atoms with van der Waals surface area (Å²) in [5, 5.41) is 8.11. The first kappa shape index (κ1) is 21.6. The van der Waals surface area contributed by atoms with Gasteiger partial charge in [0.15, 0.2) is 0 Å². The van der Waals surface area contributed by atoms with Crippen molar-refractivity contribution in [1.82, 2.24) is 15.1 Å². The highest BCUT2D eigenvalue weighted by Crippen LogP contribution is 2.22. The van der Waals surface area contributed by atoms with Gasteiger partial charge in [-0.2, -0.15) is 0 Å². The second-order valence-corrected chi connectivity index (χ2v) is 8.83. The molecule has 1 atom stereocenters. The fourth-order valence-electron chi connectivity index (χ4n) is 3.27. The number of likely N-dealkylation sites (N-methyl/N-ethyl adjacent to an activating group) is 1. The van der Waals surface area contributed by atoms with Crippen LogP contribution in [0.3, 0.4) is 0 Å². The van der Waals surface area contributed by atoms with Gasteiger partial charge in [0.05, 0.1) is 17.6 Å². The molecule has 0 radical (unpaired) electrons. The molecule has 0 aromatic heterocycles. The largest absolute Gasteiger partial charge is 0.496 e. The summed E-state index contributed by atoms with van der Waals surface area (Å²) in [7, 11) is -0.360. The lowest BCUT2D eigenvalue weighted by Crippen LogP contribution is -2.54. The van der Waals surface area contributed by atoms with Crippen molar-refractivity contribution in [2.45, 2.75) is 24.8 Å². The van der Waals surface area contributed by atoms with E-state index in [4.69, 9.17) is 9.88 Å². The van der Waals surface area contributed by atoms with E-state index in [1.807, 2.05) is 0 Å². The zero-order chi connectivity index (χ0) is 20.2. The summed E-state index contributed by atoms with van der Waals surface area (Å²) in [6, 6.07) is 4.22. The van der Waals surface area contributed by atoms with Gasteiger partial charge in [0.1, 0.15) is 5.75 Å². The molecule has 1 fully saturated rings. The summed E-state index contributed by atoms with van der Waals surface area (Å²) >= 11 is 0. The number of benzene rings is 1. The van der Waals surface area contributed by atoms with Crippen LogP contribution >= 0.6 is 0 Å². The number of nitrogens with two attached hydrogens (primary N) is 1. The molecule has 152 valence electrons. The van der Waals surface area contributed by atoms with Crippen molar-refractivity contribution < 1.29 is 17.9 Å². The SMILES string of the molecule is COc1ccc(S(N)(=O)=O)cc1C(=O)NCC(C(C)C)N1CCN(C)CC1. The van der Waals surface area contributed by atoms with Gasteiger partial charge >= 0.3 is 0 Å². The molecule has 1 aliphatic rings. The number of hydrogen-bond donors (Lipinski definition) is 2. The van der Waals surface area contributed by atoms with Gasteiger partial charge in [0, 0.05) is 38.8 Å². The molecule has 1 amide bonds. The zero-order valence-electron chi connectivity index (χ0n) is 16.4. The zero-order valence-corrected chi connectivity index (χ0v) is 17.3. The average Bonchev–Trinajstić information content (AvgIpc) is 2.61. The molecule has 3 N–H and O–H groups in total. The van der Waals surface area contributed by atoms with E-state index in [-0.39, 0.29) is 22.4 Å². The van der Waals surface area contributed by atoms with Crippen LogP contribution in [0.1, 0.15) is 24.2 Å². The van der Waals surface area contributed by atoms with Crippen LogP contribution < -0.4 is 15.2 Å². The summed E-state index contributed by atoms with van der Waals surface area (Å²) in [4.78, 5) is 17.3. The van der Waals surface area contributed by atoms with Crippen LogP contribution in [0.15, 0.2) is 23.1 Å². The first-order valence-corrected chi connectivity index (χ1v) is 10.6. The third-order valence-electron chi connectivity index (χ3n) is 4.99. The predicted molar refractivity (Wildman–Crippen MR) is 104 cm³/mol. The Morgan fingerprint density at radius 2 is 1.89 bits per heavy atom. The third-order valence-corrected chi connectivity index (χ3v) is 5.90. The number of ether oxygens (including phenoxy) is 1. The molecule has 9 heteroatoms. The molecule has 1 aromatic rings. The number of nitrogens with one attached hydrogen (secondary N) is 1. The van der Waals surface area contributed by atoms with E-state index >= 15 is 0 Å². The minimum atomic E-state index is -3.90. The Morgan fingerprint density at radius 1 is 1.26 bits per heavy atom. The maximum absolute atomic E-state index is 12.7. The number of amides is 1. The summed E-state index contributed by atoms with van der Waals surface area (Å²) in [6.45, 7) is 8.67. The second-order valence-electron chi connectivity index (χ2n) is 7.27. The van der Waals surface area contributed by atoms with Crippen LogP contribution in [0.4, 0.5) is 0 Å². The first-order valence-electron chi connectivity index (χ1n) is 9.05. The number of methoxy groups -OCH3 is 1. The minimum Gasteiger partial charge on any atom is -0.496 e. The molecule has 0 saturated carbocycles. The molecule has 27 heavy (non-hydrogen) atoms. The van der Waals surface area contributed by atoms with Gasteiger partial charge < -0.3 is 15.0 Å². The van der Waals surface area contributed by atoms with Gasteiger partial charge in [0.25, 0.3) is 5.91 Å². The molecule has 1 aliphatic heterocycles. The Balaban J connectivity index is 2.13. The molecule has 1 unspecified atom stereocenters. The van der Waals surface area contributed by atoms with Crippen molar-refractivity contribution >= 4 is 15.9 Å². The molecule has 0 bridgehead atoms. The number of piperazine rings is 1. The average molecular weight is 399 g/mol. The van der Waals surface area contributed by atoms with E-state index in [1.54, 1.807) is 0 Å². The molecule has 8 nitrogen and oxygen atoms in total. The van der Waals surface area contributed by atoms with Gasteiger partial charge in [-0.1, -0.05) is 13.8 Å². The summed E-state index contributed by atoms with van der Waals surface area (Å²) in [5.74, 6) is 0.295. The van der Waals surface area contributed by atoms with Crippen molar-refractivity contribution in [1.29, 1.82) is 0 Å². The number of hydrogen-bond acceptors (Lipinski definition) is 6. The lowest BCUT2D eigenvalue weighted by atomic mass is 10.0. The predicted octanol–water partition coefficient (Wildman–Crippen LogP) is 0.344. The van der Waals surface area contributed by atoms with Crippen LogP contribution in [-0.2, 0) is 10.0 Å². The Labute approximate surface area is 161 Å². The lowest BCUT2D eigenvalue weighted by Gasteiger charge is -2.39. The van der Waals surface area contributed by atoms with Crippen LogP contribution in [-0.4, -0.2) is 77.0 Å². The van der Waals surface area contributed by atoms with E-state index in [0.29, 0.717) is 18.2 Å². The number of nitrogens with zero attached hydrogens (tertiary/aromatic N) is 2. The molecule has 1 heterocycles. The number of rotatable bonds is 7. The van der Waals surface area contributed by atoms with E-state index in [1.165, 1.54) is 25.3 Å². The highest BCUT2D eigenvalue weighted by Gasteiger charge is 2.26. The van der Waals surface area contributed by atoms with Gasteiger partial charge in [-0.05, 0) is 31.2 Å². The maximum Gasteiger partial charge on any atom is 0.255 e. The van der Waals surface area contributed by atoms with Crippen LogP contribution in [0.2, 0.25) is 0 Å². The molecule has 2 rings (SSSR count). The monoisotopic (exact) mass is 398 g/mol. The van der Waals surface area contributed by atoms with Crippen molar-refractivity contribution in [3.63, 3.8) is 0 Å². The van der Waals surface area contributed by atoms with Gasteiger partial charge in [-0.25, -0.2) is 13.6 Å². The van der Waals surface area contributed by atoms with E-state index in [2.05, 4.69) is 36.0 Å².